The van der Waals surface area contributed by atoms with Crippen LogP contribution in [-0.4, -0.2) is 141 Å². The van der Waals surface area contributed by atoms with E-state index in [1.54, 1.807) is 0 Å². The van der Waals surface area contributed by atoms with Crippen LogP contribution in [0, 0.1) is 0 Å². The van der Waals surface area contributed by atoms with Crippen LogP contribution in [0.15, 0.2) is 12.1 Å². The Labute approximate surface area is 265 Å². The highest BCUT2D eigenvalue weighted by Gasteiger charge is 2.10. The van der Waals surface area contributed by atoms with E-state index in [0.29, 0.717) is 18.8 Å². The molecular weight excluding hydrogens is 538 g/mol. The predicted octanol–water partition coefficient (Wildman–Crippen LogP) is 1.46. The zero-order valence-electron chi connectivity index (χ0n) is 28.8. The Balaban J connectivity index is 2.47. The first-order valence-electron chi connectivity index (χ1n) is 16.8. The van der Waals surface area contributed by atoms with Crippen LogP contribution >= 0.6 is 0 Å². The molecular formula is C33H69N9O. The number of rotatable bonds is 30. The molecule has 0 radical (unpaired) electrons. The lowest BCUT2D eigenvalue weighted by atomic mass is 10.0. The summed E-state index contributed by atoms with van der Waals surface area (Å²) in [4.78, 5) is 6.67. The highest BCUT2D eigenvalue weighted by molar-refractivity contribution is 5.44. The Hall–Kier alpha value is -1.34. The van der Waals surface area contributed by atoms with Gasteiger partial charge >= 0.3 is 0 Å². The van der Waals surface area contributed by atoms with Gasteiger partial charge in [0.25, 0.3) is 0 Å². The molecule has 0 spiro atoms. The van der Waals surface area contributed by atoms with Gasteiger partial charge in [0.2, 0.25) is 0 Å². The molecule has 0 aromatic heterocycles. The maximum Gasteiger partial charge on any atom is 0.124 e. The van der Waals surface area contributed by atoms with Gasteiger partial charge in [0.15, 0.2) is 0 Å². The quantitative estimate of drug-likeness (QED) is 0.0651. The third-order valence-corrected chi connectivity index (χ3v) is 7.29. The summed E-state index contributed by atoms with van der Waals surface area (Å²) in [5, 5.41) is 32.4. The summed E-state index contributed by atoms with van der Waals surface area (Å²) < 4.78 is 0. The van der Waals surface area contributed by atoms with E-state index in [9.17, 15) is 5.11 Å². The molecule has 0 amide bonds. The van der Waals surface area contributed by atoms with E-state index < -0.39 is 0 Å². The Morgan fingerprint density at radius 3 is 1.09 bits per heavy atom. The fraction of sp³-hybridized carbons (Fsp3) is 0.818. The van der Waals surface area contributed by atoms with E-state index in [4.69, 9.17) is 0 Å². The number of phenolic OH excluding ortho intramolecular Hbond substituents is 1. The van der Waals surface area contributed by atoms with Gasteiger partial charge < -0.3 is 51.7 Å². The van der Waals surface area contributed by atoms with E-state index in [1.165, 1.54) is 24.8 Å². The molecule has 0 saturated heterocycles. The van der Waals surface area contributed by atoms with Crippen LogP contribution < -0.4 is 31.9 Å². The monoisotopic (exact) mass is 608 g/mol. The fourth-order valence-electron chi connectivity index (χ4n) is 4.83. The maximum atomic E-state index is 11.1. The summed E-state index contributed by atoms with van der Waals surface area (Å²) in [5.74, 6) is 0.425. The molecule has 0 saturated carbocycles. The van der Waals surface area contributed by atoms with E-state index in [2.05, 4.69) is 101 Å². The molecule has 0 aliphatic heterocycles. The SMILES string of the molecule is CN(C)CCCNCCCNCc1cc(CNCCCNCCCN(C)C)c(O)c(CNCCCNCCCN(C)C)c1. The first-order chi connectivity index (χ1) is 20.8. The van der Waals surface area contributed by atoms with Crippen LogP contribution in [0.1, 0.15) is 55.2 Å². The van der Waals surface area contributed by atoms with Gasteiger partial charge in [-0.05, 0) is 177 Å². The lowest BCUT2D eigenvalue weighted by Gasteiger charge is -2.16. The molecule has 0 heterocycles. The molecule has 1 rings (SSSR count). The van der Waals surface area contributed by atoms with Gasteiger partial charge in [-0.3, -0.25) is 0 Å². The third kappa shape index (κ3) is 23.7. The summed E-state index contributed by atoms with van der Waals surface area (Å²) in [5.41, 5.74) is 3.20. The minimum Gasteiger partial charge on any atom is -0.507 e. The van der Waals surface area contributed by atoms with Crippen molar-refractivity contribution in [2.45, 2.75) is 58.2 Å². The predicted molar refractivity (Wildman–Crippen MR) is 185 cm³/mol. The van der Waals surface area contributed by atoms with Gasteiger partial charge in [-0.1, -0.05) is 0 Å². The van der Waals surface area contributed by atoms with Crippen molar-refractivity contribution in [2.24, 2.45) is 0 Å². The highest BCUT2D eigenvalue weighted by atomic mass is 16.3. The lowest BCUT2D eigenvalue weighted by molar-refractivity contribution is 0.394. The lowest BCUT2D eigenvalue weighted by Crippen LogP contribution is -2.25. The van der Waals surface area contributed by atoms with Gasteiger partial charge in [0, 0.05) is 30.8 Å². The first kappa shape index (κ1) is 39.7. The van der Waals surface area contributed by atoms with Crippen LogP contribution in [0.2, 0.25) is 0 Å². The first-order valence-corrected chi connectivity index (χ1v) is 16.8. The van der Waals surface area contributed by atoms with Crippen LogP contribution in [-0.2, 0) is 19.6 Å². The number of hydrogen-bond acceptors (Lipinski definition) is 10. The fourth-order valence-corrected chi connectivity index (χ4v) is 4.83. The molecule has 1 aromatic rings. The van der Waals surface area contributed by atoms with Crippen molar-refractivity contribution in [3.05, 3.63) is 28.8 Å². The molecule has 10 nitrogen and oxygen atoms in total. The number of hydrogen-bond donors (Lipinski definition) is 7. The zero-order chi connectivity index (χ0) is 31.5. The number of nitrogens with one attached hydrogen (secondary N) is 6. The van der Waals surface area contributed by atoms with Crippen LogP contribution in [0.25, 0.3) is 0 Å². The maximum absolute atomic E-state index is 11.1. The molecule has 0 atom stereocenters. The van der Waals surface area contributed by atoms with Gasteiger partial charge in [0.05, 0.1) is 0 Å². The number of aromatic hydroxyl groups is 1. The van der Waals surface area contributed by atoms with Crippen LogP contribution in [0.4, 0.5) is 0 Å². The summed E-state index contributed by atoms with van der Waals surface area (Å²) >= 11 is 0. The smallest absolute Gasteiger partial charge is 0.124 e. The topological polar surface area (TPSA) is 102 Å². The van der Waals surface area contributed by atoms with Crippen LogP contribution in [0.3, 0.4) is 0 Å². The van der Waals surface area contributed by atoms with E-state index >= 15 is 0 Å². The minimum atomic E-state index is 0.425. The molecule has 0 aliphatic rings. The molecule has 252 valence electrons. The molecule has 0 unspecified atom stereocenters. The summed E-state index contributed by atoms with van der Waals surface area (Å²) in [6.45, 7) is 14.6. The Morgan fingerprint density at radius 1 is 0.442 bits per heavy atom. The van der Waals surface area contributed by atoms with Gasteiger partial charge in [-0.25, -0.2) is 0 Å². The Bertz CT molecular complexity index is 730. The molecule has 43 heavy (non-hydrogen) atoms. The second kappa shape index (κ2) is 27.0. The number of benzene rings is 1. The largest absolute Gasteiger partial charge is 0.507 e. The standard InChI is InChI=1S/C33H69N9O/c1-40(2)22-10-19-34-13-7-16-37-27-30-25-31(28-38-17-8-14-35-20-11-23-41(3)4)33(43)32(26-30)29-39-18-9-15-36-21-12-24-42(5)6/h25-26,34-39,43H,7-24,27-29H2,1-6H3. The van der Waals surface area contributed by atoms with Crippen molar-refractivity contribution < 1.29 is 5.11 Å². The van der Waals surface area contributed by atoms with E-state index in [0.717, 1.165) is 115 Å². The second-order valence-electron chi connectivity index (χ2n) is 12.6. The summed E-state index contributed by atoms with van der Waals surface area (Å²) in [6, 6.07) is 4.32. The van der Waals surface area contributed by atoms with Crippen molar-refractivity contribution >= 4 is 0 Å². The Morgan fingerprint density at radius 2 is 0.744 bits per heavy atom. The molecule has 0 aliphatic carbocycles. The van der Waals surface area contributed by atoms with Crippen molar-refractivity contribution in [1.29, 1.82) is 0 Å². The zero-order valence-corrected chi connectivity index (χ0v) is 28.8. The second-order valence-corrected chi connectivity index (χ2v) is 12.6. The highest BCUT2D eigenvalue weighted by Crippen LogP contribution is 2.25. The van der Waals surface area contributed by atoms with Crippen molar-refractivity contribution in [2.75, 3.05) is 121 Å². The molecule has 1 aromatic carbocycles. The Kier molecular flexibility index (Phi) is 24.9. The van der Waals surface area contributed by atoms with Gasteiger partial charge in [-0.2, -0.15) is 0 Å². The van der Waals surface area contributed by atoms with E-state index in [-0.39, 0.29) is 0 Å². The van der Waals surface area contributed by atoms with Gasteiger partial charge in [0.1, 0.15) is 5.75 Å². The molecule has 0 bridgehead atoms. The summed E-state index contributed by atoms with van der Waals surface area (Å²) in [6.07, 6.45) is 6.78. The van der Waals surface area contributed by atoms with E-state index in [1.807, 2.05) is 0 Å². The van der Waals surface area contributed by atoms with Crippen LogP contribution in [0.5, 0.6) is 5.75 Å². The van der Waals surface area contributed by atoms with Gasteiger partial charge in [-0.15, -0.1) is 0 Å². The molecule has 7 N–H and O–H groups in total. The molecule has 10 heteroatoms. The third-order valence-electron chi connectivity index (χ3n) is 7.29. The number of nitrogens with zero attached hydrogens (tertiary/aromatic N) is 3. The number of phenols is 1. The summed E-state index contributed by atoms with van der Waals surface area (Å²) in [7, 11) is 12.7. The minimum absolute atomic E-state index is 0.425. The average Bonchev–Trinajstić information content (AvgIpc) is 2.95. The van der Waals surface area contributed by atoms with Crippen molar-refractivity contribution in [3.63, 3.8) is 0 Å². The van der Waals surface area contributed by atoms with Crippen molar-refractivity contribution in [3.8, 4) is 5.75 Å². The van der Waals surface area contributed by atoms with Crippen molar-refractivity contribution in [1.82, 2.24) is 46.6 Å². The normalized spacial score (nSPS) is 11.9. The molecule has 0 fully saturated rings. The average molecular weight is 608 g/mol.